The number of nitrogens with one attached hydrogen (secondary N) is 1. The Kier molecular flexibility index (Phi) is 3.75. The molecule has 1 unspecified atom stereocenters. The van der Waals surface area contributed by atoms with E-state index in [1.807, 2.05) is 19.3 Å². The second-order valence-electron chi connectivity index (χ2n) is 5.92. The number of likely N-dealkylation sites (N-methyl/N-ethyl adjacent to an activating group) is 1. The summed E-state index contributed by atoms with van der Waals surface area (Å²) in [6.07, 6.45) is 3.53. The zero-order chi connectivity index (χ0) is 16.7. The predicted molar refractivity (Wildman–Crippen MR) is 96.4 cm³/mol. The average molecular weight is 340 g/mol. The van der Waals surface area contributed by atoms with E-state index in [0.29, 0.717) is 5.15 Å². The van der Waals surface area contributed by atoms with Crippen molar-refractivity contribution in [3.8, 4) is 5.69 Å². The smallest absolute Gasteiger partial charge is 0.163 e. The lowest BCUT2D eigenvalue weighted by Gasteiger charge is -2.38. The molecule has 0 saturated carbocycles. The number of hydrogen-bond acceptors (Lipinski definition) is 4. The first-order valence-electron chi connectivity index (χ1n) is 7.89. The van der Waals surface area contributed by atoms with Crippen molar-refractivity contribution in [2.75, 3.05) is 18.5 Å². The molecule has 122 valence electrons. The van der Waals surface area contributed by atoms with Crippen molar-refractivity contribution in [1.29, 1.82) is 0 Å². The molecule has 6 heteroatoms. The maximum Gasteiger partial charge on any atom is 0.163 e. The summed E-state index contributed by atoms with van der Waals surface area (Å²) in [6.45, 7) is 2.88. The number of aromatic nitrogens is 3. The molecule has 5 nitrogen and oxygen atoms in total. The van der Waals surface area contributed by atoms with Crippen molar-refractivity contribution >= 4 is 23.1 Å². The minimum absolute atomic E-state index is 0.117. The highest BCUT2D eigenvalue weighted by molar-refractivity contribution is 6.31. The van der Waals surface area contributed by atoms with Crippen LogP contribution in [0.3, 0.4) is 0 Å². The first kappa shape index (κ1) is 15.2. The maximum atomic E-state index is 6.42. The minimum atomic E-state index is 0.117. The monoisotopic (exact) mass is 339 g/mol. The summed E-state index contributed by atoms with van der Waals surface area (Å²) in [6, 6.07) is 12.7. The molecule has 1 aliphatic rings. The molecule has 1 atom stereocenters. The summed E-state index contributed by atoms with van der Waals surface area (Å²) in [5.74, 6) is 0.822. The van der Waals surface area contributed by atoms with Gasteiger partial charge < -0.3 is 14.8 Å². The van der Waals surface area contributed by atoms with Gasteiger partial charge in [-0.15, -0.1) is 0 Å². The van der Waals surface area contributed by atoms with E-state index < -0.39 is 0 Å². The molecule has 0 fully saturated rings. The van der Waals surface area contributed by atoms with Gasteiger partial charge in [-0.3, -0.25) is 0 Å². The van der Waals surface area contributed by atoms with Crippen LogP contribution in [-0.2, 0) is 0 Å². The molecular weight excluding hydrogens is 322 g/mol. The Bertz CT molecular complexity index is 871. The van der Waals surface area contributed by atoms with Crippen LogP contribution in [0.5, 0.6) is 0 Å². The Hall–Kier alpha value is -2.37. The summed E-state index contributed by atoms with van der Waals surface area (Å²) in [5.41, 5.74) is 4.30. The van der Waals surface area contributed by atoms with Gasteiger partial charge in [-0.05, 0) is 38.2 Å². The number of rotatable bonds is 3. The van der Waals surface area contributed by atoms with Gasteiger partial charge in [0.05, 0.1) is 6.04 Å². The largest absolute Gasteiger partial charge is 0.317 e. The van der Waals surface area contributed by atoms with E-state index in [0.717, 1.165) is 29.4 Å². The highest BCUT2D eigenvalue weighted by Gasteiger charge is 2.34. The molecule has 4 rings (SSSR count). The third-order valence-electron chi connectivity index (χ3n) is 4.37. The van der Waals surface area contributed by atoms with E-state index in [4.69, 9.17) is 11.6 Å². The molecule has 0 saturated heterocycles. The quantitative estimate of drug-likeness (QED) is 0.740. The molecule has 3 aromatic rings. The summed E-state index contributed by atoms with van der Waals surface area (Å²) >= 11 is 6.42. The van der Waals surface area contributed by atoms with Gasteiger partial charge in [0, 0.05) is 24.1 Å². The molecule has 3 heterocycles. The Morgan fingerprint density at radius 1 is 1.17 bits per heavy atom. The zero-order valence-corrected chi connectivity index (χ0v) is 14.3. The van der Waals surface area contributed by atoms with Gasteiger partial charge in [0.15, 0.2) is 11.0 Å². The summed E-state index contributed by atoms with van der Waals surface area (Å²) < 4.78 is 2.09. The number of aryl methyl sites for hydroxylation is 1. The molecule has 2 aromatic heterocycles. The first-order valence-corrected chi connectivity index (χ1v) is 8.27. The third kappa shape index (κ3) is 2.28. The van der Waals surface area contributed by atoms with E-state index in [1.54, 1.807) is 0 Å². The number of benzene rings is 1. The van der Waals surface area contributed by atoms with E-state index in [9.17, 15) is 0 Å². The molecule has 24 heavy (non-hydrogen) atoms. The second-order valence-corrected chi connectivity index (χ2v) is 6.28. The van der Waals surface area contributed by atoms with Crippen molar-refractivity contribution in [3.05, 3.63) is 65.3 Å². The van der Waals surface area contributed by atoms with Gasteiger partial charge in [-0.1, -0.05) is 29.3 Å². The number of anilines is 2. The lowest BCUT2D eigenvalue weighted by molar-refractivity contribution is 0.589. The summed E-state index contributed by atoms with van der Waals surface area (Å²) in [5, 5.41) is 3.75. The number of fused-ring (bicyclic) bond motifs is 3. The van der Waals surface area contributed by atoms with Crippen LogP contribution in [0.4, 0.5) is 11.5 Å². The molecule has 0 amide bonds. The Morgan fingerprint density at radius 2 is 1.96 bits per heavy atom. The number of halogens is 1. The van der Waals surface area contributed by atoms with Crippen molar-refractivity contribution in [2.45, 2.75) is 13.0 Å². The van der Waals surface area contributed by atoms with E-state index in [-0.39, 0.29) is 6.04 Å². The standard InChI is InChI=1S/C18H18ClN5/c1-12-5-7-13(8-6-12)24-15(10-20-2)14-4-3-9-23(14)16-17(19)21-11-22-18(16)24/h3-9,11,15,20H,10H2,1-2H3. The van der Waals surface area contributed by atoms with E-state index >= 15 is 0 Å². The Morgan fingerprint density at radius 3 is 2.71 bits per heavy atom. The van der Waals surface area contributed by atoms with Crippen LogP contribution in [0.15, 0.2) is 48.9 Å². The van der Waals surface area contributed by atoms with Gasteiger partial charge in [-0.2, -0.15) is 0 Å². The fraction of sp³-hybridized carbons (Fsp3) is 0.222. The fourth-order valence-electron chi connectivity index (χ4n) is 3.28. The highest BCUT2D eigenvalue weighted by atomic mass is 35.5. The lowest BCUT2D eigenvalue weighted by atomic mass is 10.1. The summed E-state index contributed by atoms with van der Waals surface area (Å²) in [7, 11) is 1.96. The topological polar surface area (TPSA) is 46.0 Å². The summed E-state index contributed by atoms with van der Waals surface area (Å²) in [4.78, 5) is 11.0. The number of hydrogen-bond donors (Lipinski definition) is 1. The molecule has 1 aliphatic heterocycles. The van der Waals surface area contributed by atoms with E-state index in [1.165, 1.54) is 11.9 Å². The van der Waals surface area contributed by atoms with Crippen LogP contribution in [0, 0.1) is 6.92 Å². The zero-order valence-electron chi connectivity index (χ0n) is 13.6. The Balaban J connectivity index is 1.97. The molecule has 0 spiro atoms. The van der Waals surface area contributed by atoms with Crippen LogP contribution in [0.1, 0.15) is 17.3 Å². The van der Waals surface area contributed by atoms with Crippen molar-refractivity contribution in [2.24, 2.45) is 0 Å². The maximum absolute atomic E-state index is 6.42. The molecule has 1 N–H and O–H groups in total. The van der Waals surface area contributed by atoms with Crippen LogP contribution in [-0.4, -0.2) is 28.1 Å². The van der Waals surface area contributed by atoms with Crippen LogP contribution in [0.2, 0.25) is 5.15 Å². The van der Waals surface area contributed by atoms with E-state index in [2.05, 4.69) is 62.0 Å². The first-order chi connectivity index (χ1) is 11.7. The Labute approximate surface area is 145 Å². The van der Waals surface area contributed by atoms with Crippen molar-refractivity contribution in [1.82, 2.24) is 19.9 Å². The van der Waals surface area contributed by atoms with Gasteiger partial charge in [0.1, 0.15) is 12.0 Å². The highest BCUT2D eigenvalue weighted by Crippen LogP contribution is 2.44. The SMILES string of the molecule is CNCC1c2cccn2-c2c(Cl)ncnc2N1c1ccc(C)cc1. The van der Waals surface area contributed by atoms with Crippen LogP contribution < -0.4 is 10.2 Å². The fourth-order valence-corrected chi connectivity index (χ4v) is 3.50. The molecule has 0 bridgehead atoms. The molecule has 1 aromatic carbocycles. The van der Waals surface area contributed by atoms with Crippen molar-refractivity contribution in [3.63, 3.8) is 0 Å². The normalized spacial score (nSPS) is 16.0. The van der Waals surface area contributed by atoms with Gasteiger partial charge in [0.2, 0.25) is 0 Å². The molecule has 0 aliphatic carbocycles. The second kappa shape index (κ2) is 5.92. The van der Waals surface area contributed by atoms with Crippen LogP contribution in [0.25, 0.3) is 5.69 Å². The average Bonchev–Trinajstić information content (AvgIpc) is 3.06. The third-order valence-corrected chi connectivity index (χ3v) is 4.65. The lowest BCUT2D eigenvalue weighted by Crippen LogP contribution is -2.37. The van der Waals surface area contributed by atoms with Crippen molar-refractivity contribution < 1.29 is 0 Å². The van der Waals surface area contributed by atoms with Gasteiger partial charge in [-0.25, -0.2) is 9.97 Å². The molecular formula is C18H18ClN5. The van der Waals surface area contributed by atoms with Gasteiger partial charge >= 0.3 is 0 Å². The predicted octanol–water partition coefficient (Wildman–Crippen LogP) is 3.64. The minimum Gasteiger partial charge on any atom is -0.317 e. The van der Waals surface area contributed by atoms with Crippen LogP contribution >= 0.6 is 11.6 Å². The number of nitrogens with zero attached hydrogens (tertiary/aromatic N) is 4. The molecule has 0 radical (unpaired) electrons. The van der Waals surface area contributed by atoms with Gasteiger partial charge in [0.25, 0.3) is 0 Å².